The number of amides is 2. The van der Waals surface area contributed by atoms with Crippen LogP contribution in [0.25, 0.3) is 21.5 Å². The van der Waals surface area contributed by atoms with Gasteiger partial charge < -0.3 is 21.1 Å². The first-order valence-corrected chi connectivity index (χ1v) is 10.5. The predicted octanol–water partition coefficient (Wildman–Crippen LogP) is 3.98. The molecule has 4 N–H and O–H groups in total. The summed E-state index contributed by atoms with van der Waals surface area (Å²) >= 11 is 1.21. The van der Waals surface area contributed by atoms with Crippen LogP contribution in [-0.4, -0.2) is 40.6 Å². The number of nitrogens with zero attached hydrogens (tertiary/aromatic N) is 2. The van der Waals surface area contributed by atoms with E-state index in [0.29, 0.717) is 28.5 Å². The van der Waals surface area contributed by atoms with Crippen molar-refractivity contribution in [3.63, 3.8) is 0 Å². The number of rotatable bonds is 3. The van der Waals surface area contributed by atoms with Gasteiger partial charge in [-0.2, -0.15) is 0 Å². The van der Waals surface area contributed by atoms with Crippen LogP contribution in [0, 0.1) is 0 Å². The molecule has 156 valence electrons. The lowest BCUT2D eigenvalue weighted by Gasteiger charge is -2.40. The van der Waals surface area contributed by atoms with Gasteiger partial charge in [-0.25, -0.2) is 9.78 Å². The van der Waals surface area contributed by atoms with E-state index in [1.54, 1.807) is 4.90 Å². The fraction of sp³-hybridized carbons (Fsp3) is 0.318. The van der Waals surface area contributed by atoms with Gasteiger partial charge in [0.15, 0.2) is 0 Å². The minimum atomic E-state index is -0.563. The molecule has 0 aliphatic carbocycles. The maximum atomic E-state index is 12.3. The Morgan fingerprint density at radius 3 is 2.47 bits per heavy atom. The fourth-order valence-electron chi connectivity index (χ4n) is 3.56. The molecule has 4 rings (SSSR count). The monoisotopic (exact) mass is 424 g/mol. The summed E-state index contributed by atoms with van der Waals surface area (Å²) in [5, 5.41) is 0.752. The molecule has 2 aromatic heterocycles. The maximum absolute atomic E-state index is 12.3. The molecule has 2 amide bonds. The third-order valence-electron chi connectivity index (χ3n) is 5.00. The molecular weight excluding hydrogens is 400 g/mol. The average molecular weight is 425 g/mol. The van der Waals surface area contributed by atoms with Gasteiger partial charge in [0, 0.05) is 30.0 Å². The average Bonchev–Trinajstić information content (AvgIpc) is 2.97. The predicted molar refractivity (Wildman–Crippen MR) is 119 cm³/mol. The Bertz CT molecular complexity index is 1130. The highest BCUT2D eigenvalue weighted by atomic mass is 32.1. The van der Waals surface area contributed by atoms with E-state index < -0.39 is 11.5 Å². The number of ether oxygens (including phenoxy) is 1. The molecule has 1 aliphatic rings. The molecule has 7 nitrogen and oxygen atoms in total. The number of pyridine rings is 1. The van der Waals surface area contributed by atoms with Crippen molar-refractivity contribution in [2.24, 2.45) is 5.73 Å². The van der Waals surface area contributed by atoms with Crippen molar-refractivity contribution in [1.82, 2.24) is 9.88 Å². The van der Waals surface area contributed by atoms with E-state index in [4.69, 9.17) is 21.2 Å². The Balaban J connectivity index is 1.73. The van der Waals surface area contributed by atoms with Crippen molar-refractivity contribution in [3.05, 3.63) is 46.8 Å². The Kier molecular flexibility index (Phi) is 4.89. The number of likely N-dealkylation sites (tertiary alicyclic amines) is 1. The Morgan fingerprint density at radius 1 is 1.20 bits per heavy atom. The van der Waals surface area contributed by atoms with E-state index >= 15 is 0 Å². The van der Waals surface area contributed by atoms with Crippen LogP contribution in [0.5, 0.6) is 0 Å². The highest BCUT2D eigenvalue weighted by Crippen LogP contribution is 2.42. The Labute approximate surface area is 178 Å². The van der Waals surface area contributed by atoms with E-state index in [1.165, 1.54) is 11.3 Å². The van der Waals surface area contributed by atoms with Crippen LogP contribution in [-0.2, 0) is 4.74 Å². The number of nitrogen functional groups attached to an aromatic ring is 1. The lowest BCUT2D eigenvalue weighted by molar-refractivity contribution is 0.00830. The molecule has 1 fully saturated rings. The van der Waals surface area contributed by atoms with Crippen LogP contribution in [0.1, 0.15) is 41.9 Å². The molecule has 1 saturated heterocycles. The molecular formula is C22H24N4O3S. The number of fused-ring (bicyclic) bond motifs is 1. The van der Waals surface area contributed by atoms with E-state index in [9.17, 15) is 9.59 Å². The normalized spacial score (nSPS) is 14.6. The maximum Gasteiger partial charge on any atom is 0.410 e. The molecule has 30 heavy (non-hydrogen) atoms. The lowest BCUT2D eigenvalue weighted by Crippen LogP contribution is -2.50. The van der Waals surface area contributed by atoms with Gasteiger partial charge in [0.2, 0.25) is 0 Å². The summed E-state index contributed by atoms with van der Waals surface area (Å²) in [7, 11) is 0. The van der Waals surface area contributed by atoms with Crippen molar-refractivity contribution in [2.45, 2.75) is 32.3 Å². The van der Waals surface area contributed by atoms with Gasteiger partial charge in [0.25, 0.3) is 5.91 Å². The SMILES string of the molecule is CC(C)(C)OC(=O)N1CC(c2cc(-c3ccccc3)nc3sc(C(N)=O)c(N)c23)C1. The Hall–Kier alpha value is -3.13. The zero-order valence-corrected chi connectivity index (χ0v) is 18.0. The van der Waals surface area contributed by atoms with Crippen molar-refractivity contribution >= 4 is 39.2 Å². The highest BCUT2D eigenvalue weighted by molar-refractivity contribution is 7.21. The molecule has 8 heteroatoms. The summed E-state index contributed by atoms with van der Waals surface area (Å²) in [6, 6.07) is 11.8. The number of carbonyl (C=O) groups excluding carboxylic acids is 2. The number of anilines is 1. The Morgan fingerprint density at radius 2 is 1.87 bits per heavy atom. The van der Waals surface area contributed by atoms with E-state index in [1.807, 2.05) is 57.2 Å². The summed E-state index contributed by atoms with van der Waals surface area (Å²) in [4.78, 5) is 31.6. The fourth-order valence-corrected chi connectivity index (χ4v) is 4.54. The van der Waals surface area contributed by atoms with Crippen LogP contribution in [0.4, 0.5) is 10.5 Å². The van der Waals surface area contributed by atoms with Crippen LogP contribution in [0.2, 0.25) is 0 Å². The van der Waals surface area contributed by atoms with Gasteiger partial charge in [-0.15, -0.1) is 11.3 Å². The van der Waals surface area contributed by atoms with Crippen LogP contribution < -0.4 is 11.5 Å². The third-order valence-corrected chi connectivity index (χ3v) is 6.11. The molecule has 0 spiro atoms. The second kappa shape index (κ2) is 7.28. The standard InChI is InChI=1S/C22H24N4O3S/c1-22(2,3)29-21(28)26-10-13(11-26)14-9-15(12-7-5-4-6-8-12)25-20-16(14)17(23)18(30-20)19(24)27/h4-9,13H,10-11,23H2,1-3H3,(H2,24,27). The summed E-state index contributed by atoms with van der Waals surface area (Å²) in [6.07, 6.45) is -0.330. The second-order valence-electron chi connectivity index (χ2n) is 8.43. The number of benzene rings is 1. The third kappa shape index (κ3) is 3.70. The number of hydrogen-bond donors (Lipinski definition) is 2. The molecule has 0 radical (unpaired) electrons. The zero-order chi connectivity index (χ0) is 21.6. The lowest BCUT2D eigenvalue weighted by atomic mass is 9.88. The quantitative estimate of drug-likeness (QED) is 0.660. The molecule has 3 aromatic rings. The largest absolute Gasteiger partial charge is 0.444 e. The molecule has 0 atom stereocenters. The number of nitrogens with two attached hydrogens (primary N) is 2. The summed E-state index contributed by atoms with van der Waals surface area (Å²) < 4.78 is 5.46. The highest BCUT2D eigenvalue weighted by Gasteiger charge is 2.36. The van der Waals surface area contributed by atoms with Crippen molar-refractivity contribution in [2.75, 3.05) is 18.8 Å². The van der Waals surface area contributed by atoms with E-state index in [0.717, 1.165) is 22.2 Å². The summed E-state index contributed by atoms with van der Waals surface area (Å²) in [6.45, 7) is 6.57. The number of aromatic nitrogens is 1. The van der Waals surface area contributed by atoms with Crippen LogP contribution in [0.3, 0.4) is 0 Å². The first-order chi connectivity index (χ1) is 14.1. The van der Waals surface area contributed by atoms with Gasteiger partial charge in [-0.05, 0) is 32.4 Å². The molecule has 0 saturated carbocycles. The van der Waals surface area contributed by atoms with Gasteiger partial charge in [-0.3, -0.25) is 4.79 Å². The minimum absolute atomic E-state index is 0.0723. The molecule has 3 heterocycles. The van der Waals surface area contributed by atoms with Gasteiger partial charge >= 0.3 is 6.09 Å². The molecule has 1 aromatic carbocycles. The summed E-state index contributed by atoms with van der Waals surface area (Å²) in [5.41, 5.74) is 14.4. The number of hydrogen-bond acceptors (Lipinski definition) is 6. The molecule has 0 bridgehead atoms. The van der Waals surface area contributed by atoms with Gasteiger partial charge in [0.05, 0.1) is 11.4 Å². The van der Waals surface area contributed by atoms with E-state index in [-0.39, 0.29) is 12.0 Å². The van der Waals surface area contributed by atoms with Gasteiger partial charge in [0.1, 0.15) is 15.3 Å². The second-order valence-corrected chi connectivity index (χ2v) is 9.43. The molecule has 1 aliphatic heterocycles. The number of thiophene rings is 1. The van der Waals surface area contributed by atoms with Crippen molar-refractivity contribution in [3.8, 4) is 11.3 Å². The van der Waals surface area contributed by atoms with E-state index in [2.05, 4.69) is 0 Å². The smallest absolute Gasteiger partial charge is 0.410 e. The first-order valence-electron chi connectivity index (χ1n) is 9.70. The topological polar surface area (TPSA) is 112 Å². The first kappa shape index (κ1) is 20.2. The van der Waals surface area contributed by atoms with Crippen LogP contribution in [0.15, 0.2) is 36.4 Å². The number of carbonyl (C=O) groups is 2. The summed E-state index contributed by atoms with van der Waals surface area (Å²) in [5.74, 6) is -0.491. The molecule has 0 unspecified atom stereocenters. The zero-order valence-electron chi connectivity index (χ0n) is 17.1. The van der Waals surface area contributed by atoms with Crippen molar-refractivity contribution in [1.29, 1.82) is 0 Å². The number of primary amides is 1. The minimum Gasteiger partial charge on any atom is -0.444 e. The van der Waals surface area contributed by atoms with Gasteiger partial charge in [-0.1, -0.05) is 30.3 Å². The van der Waals surface area contributed by atoms with Crippen LogP contribution >= 0.6 is 11.3 Å². The van der Waals surface area contributed by atoms with Crippen molar-refractivity contribution < 1.29 is 14.3 Å².